The Bertz CT molecular complexity index is 335. The molecule has 12 heavy (non-hydrogen) atoms. The van der Waals surface area contributed by atoms with Gasteiger partial charge in [0.1, 0.15) is 0 Å². The highest BCUT2D eigenvalue weighted by atomic mass is 15.4. The Kier molecular flexibility index (Phi) is 1.59. The number of hydrogen-bond acceptors (Lipinski definition) is 3. The molecule has 4 nitrogen and oxygen atoms in total. The van der Waals surface area contributed by atoms with Crippen molar-refractivity contribution >= 4 is 5.70 Å². The summed E-state index contributed by atoms with van der Waals surface area (Å²) >= 11 is 0. The van der Waals surface area contributed by atoms with Gasteiger partial charge in [-0.05, 0) is 12.2 Å². The fourth-order valence-electron chi connectivity index (χ4n) is 1.08. The standard InChI is InChI=1S/C8H10N4/c1-12-6-7(5-10-12)8-3-2-4-9-11-8/h2-6,9,11H,1H3. The Morgan fingerprint density at radius 1 is 1.50 bits per heavy atom. The SMILES string of the molecule is Cn1cc(C2=CC=CNN2)cn1. The molecule has 1 aliphatic rings. The van der Waals surface area contributed by atoms with Crippen molar-refractivity contribution in [2.45, 2.75) is 0 Å². The van der Waals surface area contributed by atoms with E-state index in [9.17, 15) is 0 Å². The fourth-order valence-corrected chi connectivity index (χ4v) is 1.08. The second-order valence-electron chi connectivity index (χ2n) is 2.61. The van der Waals surface area contributed by atoms with Gasteiger partial charge in [-0.1, -0.05) is 0 Å². The van der Waals surface area contributed by atoms with Gasteiger partial charge >= 0.3 is 0 Å². The van der Waals surface area contributed by atoms with Crippen LogP contribution < -0.4 is 10.9 Å². The minimum Gasteiger partial charge on any atom is -0.308 e. The topological polar surface area (TPSA) is 41.9 Å². The van der Waals surface area contributed by atoms with Crippen molar-refractivity contribution in [2.24, 2.45) is 7.05 Å². The van der Waals surface area contributed by atoms with Gasteiger partial charge in [0.25, 0.3) is 0 Å². The smallest absolute Gasteiger partial charge is 0.0644 e. The summed E-state index contributed by atoms with van der Waals surface area (Å²) in [6, 6.07) is 0. The lowest BCUT2D eigenvalue weighted by Gasteiger charge is -2.11. The van der Waals surface area contributed by atoms with Gasteiger partial charge in [-0.15, -0.1) is 0 Å². The van der Waals surface area contributed by atoms with Crippen LogP contribution >= 0.6 is 0 Å². The van der Waals surface area contributed by atoms with Gasteiger partial charge in [0, 0.05) is 25.0 Å². The number of aryl methyl sites for hydroxylation is 1. The molecular weight excluding hydrogens is 152 g/mol. The summed E-state index contributed by atoms with van der Waals surface area (Å²) in [5.41, 5.74) is 8.04. The molecule has 2 rings (SSSR count). The summed E-state index contributed by atoms with van der Waals surface area (Å²) < 4.78 is 1.77. The summed E-state index contributed by atoms with van der Waals surface area (Å²) in [6.45, 7) is 0. The van der Waals surface area contributed by atoms with Gasteiger partial charge < -0.3 is 10.9 Å². The Balaban J connectivity index is 2.30. The largest absolute Gasteiger partial charge is 0.308 e. The summed E-state index contributed by atoms with van der Waals surface area (Å²) in [5.74, 6) is 0. The molecule has 0 unspecified atom stereocenters. The van der Waals surface area contributed by atoms with Crippen LogP contribution in [0.3, 0.4) is 0 Å². The molecule has 0 spiro atoms. The summed E-state index contributed by atoms with van der Waals surface area (Å²) in [5, 5.41) is 4.08. The number of allylic oxidation sites excluding steroid dienone is 2. The number of aromatic nitrogens is 2. The van der Waals surface area contributed by atoms with Crippen LogP contribution in [-0.4, -0.2) is 9.78 Å². The average Bonchev–Trinajstić information content (AvgIpc) is 2.54. The average molecular weight is 162 g/mol. The normalized spacial score (nSPS) is 14.9. The number of rotatable bonds is 1. The molecule has 62 valence electrons. The van der Waals surface area contributed by atoms with Crippen LogP contribution in [0.5, 0.6) is 0 Å². The third-order valence-corrected chi connectivity index (χ3v) is 1.67. The van der Waals surface area contributed by atoms with E-state index in [1.54, 1.807) is 4.68 Å². The highest BCUT2D eigenvalue weighted by Crippen LogP contribution is 2.10. The van der Waals surface area contributed by atoms with Crippen molar-refractivity contribution in [3.63, 3.8) is 0 Å². The minimum atomic E-state index is 1.03. The second kappa shape index (κ2) is 2.73. The van der Waals surface area contributed by atoms with E-state index < -0.39 is 0 Å². The van der Waals surface area contributed by atoms with Crippen molar-refractivity contribution in [3.05, 3.63) is 36.3 Å². The zero-order valence-corrected chi connectivity index (χ0v) is 6.78. The van der Waals surface area contributed by atoms with E-state index in [1.807, 2.05) is 37.8 Å². The molecule has 0 saturated carbocycles. The van der Waals surface area contributed by atoms with E-state index in [2.05, 4.69) is 16.0 Å². The predicted molar refractivity (Wildman–Crippen MR) is 46.6 cm³/mol. The summed E-state index contributed by atoms with van der Waals surface area (Å²) in [7, 11) is 1.90. The molecule has 0 aromatic carbocycles. The Morgan fingerprint density at radius 2 is 2.42 bits per heavy atom. The second-order valence-corrected chi connectivity index (χ2v) is 2.61. The maximum absolute atomic E-state index is 4.08. The highest BCUT2D eigenvalue weighted by Gasteiger charge is 2.02. The van der Waals surface area contributed by atoms with Crippen LogP contribution in [0.4, 0.5) is 0 Å². The number of nitrogens with zero attached hydrogens (tertiary/aromatic N) is 2. The summed E-state index contributed by atoms with van der Waals surface area (Å²) in [4.78, 5) is 0. The quantitative estimate of drug-likeness (QED) is 0.627. The molecular formula is C8H10N4. The lowest BCUT2D eigenvalue weighted by atomic mass is 10.2. The lowest BCUT2D eigenvalue weighted by Crippen LogP contribution is -2.26. The van der Waals surface area contributed by atoms with Gasteiger partial charge in [-0.25, -0.2) is 0 Å². The monoisotopic (exact) mass is 162 g/mol. The van der Waals surface area contributed by atoms with E-state index in [4.69, 9.17) is 0 Å². The van der Waals surface area contributed by atoms with Gasteiger partial charge in [0.15, 0.2) is 0 Å². The van der Waals surface area contributed by atoms with E-state index in [-0.39, 0.29) is 0 Å². The fraction of sp³-hybridized carbons (Fsp3) is 0.125. The van der Waals surface area contributed by atoms with Gasteiger partial charge in [-0.3, -0.25) is 4.68 Å². The van der Waals surface area contributed by atoms with Crippen LogP contribution in [0.1, 0.15) is 5.56 Å². The van der Waals surface area contributed by atoms with E-state index >= 15 is 0 Å². The minimum absolute atomic E-state index is 1.03. The summed E-state index contributed by atoms with van der Waals surface area (Å²) in [6.07, 6.45) is 9.55. The Labute approximate surface area is 70.5 Å². The van der Waals surface area contributed by atoms with E-state index in [0.717, 1.165) is 11.3 Å². The number of hydrogen-bond donors (Lipinski definition) is 2. The lowest BCUT2D eigenvalue weighted by molar-refractivity contribution is 0.766. The molecule has 0 amide bonds. The molecule has 0 radical (unpaired) electrons. The van der Waals surface area contributed by atoms with Gasteiger partial charge in [-0.2, -0.15) is 5.10 Å². The van der Waals surface area contributed by atoms with Crippen molar-refractivity contribution in [2.75, 3.05) is 0 Å². The molecule has 0 bridgehead atoms. The first-order valence-electron chi connectivity index (χ1n) is 3.73. The molecule has 0 atom stereocenters. The van der Waals surface area contributed by atoms with Gasteiger partial charge in [0.05, 0.1) is 11.9 Å². The molecule has 1 aliphatic heterocycles. The van der Waals surface area contributed by atoms with Crippen LogP contribution in [0.2, 0.25) is 0 Å². The Hall–Kier alpha value is -1.71. The van der Waals surface area contributed by atoms with Crippen LogP contribution in [-0.2, 0) is 7.05 Å². The van der Waals surface area contributed by atoms with Crippen LogP contribution in [0.15, 0.2) is 30.7 Å². The van der Waals surface area contributed by atoms with Gasteiger partial charge in [0.2, 0.25) is 0 Å². The highest BCUT2D eigenvalue weighted by molar-refractivity contribution is 5.64. The molecule has 2 N–H and O–H groups in total. The molecule has 0 saturated heterocycles. The van der Waals surface area contributed by atoms with Crippen molar-refractivity contribution < 1.29 is 0 Å². The molecule has 4 heteroatoms. The van der Waals surface area contributed by atoms with Crippen LogP contribution in [0.25, 0.3) is 5.70 Å². The maximum Gasteiger partial charge on any atom is 0.0644 e. The van der Waals surface area contributed by atoms with E-state index in [0.29, 0.717) is 0 Å². The number of nitrogens with one attached hydrogen (secondary N) is 2. The maximum atomic E-state index is 4.08. The molecule has 0 fully saturated rings. The molecule has 0 aliphatic carbocycles. The number of hydrazine groups is 1. The zero-order valence-electron chi connectivity index (χ0n) is 6.78. The first kappa shape index (κ1) is 6.97. The first-order valence-corrected chi connectivity index (χ1v) is 3.73. The third kappa shape index (κ3) is 1.18. The zero-order chi connectivity index (χ0) is 8.39. The van der Waals surface area contributed by atoms with Crippen molar-refractivity contribution in [3.8, 4) is 0 Å². The van der Waals surface area contributed by atoms with Crippen molar-refractivity contribution in [1.29, 1.82) is 0 Å². The Morgan fingerprint density at radius 3 is 3.00 bits per heavy atom. The van der Waals surface area contributed by atoms with Crippen molar-refractivity contribution in [1.82, 2.24) is 20.6 Å². The van der Waals surface area contributed by atoms with E-state index in [1.165, 1.54) is 0 Å². The molecule has 1 aromatic heterocycles. The molecule has 1 aromatic rings. The third-order valence-electron chi connectivity index (χ3n) is 1.67. The first-order chi connectivity index (χ1) is 5.86. The molecule has 2 heterocycles. The van der Waals surface area contributed by atoms with Crippen LogP contribution in [0, 0.1) is 0 Å². The predicted octanol–water partition coefficient (Wildman–Crippen LogP) is 0.382.